The van der Waals surface area contributed by atoms with E-state index < -0.39 is 0 Å². The molecule has 0 bridgehead atoms. The summed E-state index contributed by atoms with van der Waals surface area (Å²) in [7, 11) is 0. The van der Waals surface area contributed by atoms with Crippen molar-refractivity contribution in [2.75, 3.05) is 17.4 Å². The van der Waals surface area contributed by atoms with Crippen molar-refractivity contribution >= 4 is 23.2 Å². The van der Waals surface area contributed by atoms with Crippen LogP contribution in [0.15, 0.2) is 30.3 Å². The molecule has 1 amide bonds. The van der Waals surface area contributed by atoms with E-state index in [4.69, 9.17) is 22.8 Å². The number of nitrogens with zero attached hydrogens (tertiary/aromatic N) is 3. The highest BCUT2D eigenvalue weighted by molar-refractivity contribution is 6.29. The maximum absolute atomic E-state index is 12.2. The van der Waals surface area contributed by atoms with Crippen molar-refractivity contribution in [3.8, 4) is 18.2 Å². The van der Waals surface area contributed by atoms with Crippen LogP contribution in [0.5, 0.6) is 5.88 Å². The summed E-state index contributed by atoms with van der Waals surface area (Å²) in [6.07, 6.45) is 6.37. The molecule has 5 nitrogen and oxygen atoms in total. The Morgan fingerprint density at radius 3 is 3.09 bits per heavy atom. The predicted molar refractivity (Wildman–Crippen MR) is 88.6 cm³/mol. The quantitative estimate of drug-likeness (QED) is 0.639. The van der Waals surface area contributed by atoms with Gasteiger partial charge in [-0.15, -0.1) is 18.0 Å². The summed E-state index contributed by atoms with van der Waals surface area (Å²) in [4.78, 5) is 13.8. The van der Waals surface area contributed by atoms with Crippen molar-refractivity contribution in [1.82, 2.24) is 9.78 Å². The van der Waals surface area contributed by atoms with Crippen LogP contribution in [-0.2, 0) is 17.9 Å². The van der Waals surface area contributed by atoms with Crippen LogP contribution in [0.2, 0.25) is 0 Å². The van der Waals surface area contributed by atoms with Crippen LogP contribution in [-0.4, -0.2) is 28.2 Å². The normalized spacial score (nSPS) is 12.9. The fourth-order valence-corrected chi connectivity index (χ4v) is 2.66. The topological polar surface area (TPSA) is 47.4 Å². The molecule has 118 valence electrons. The molecule has 0 radical (unpaired) electrons. The van der Waals surface area contributed by atoms with E-state index in [9.17, 15) is 4.79 Å². The van der Waals surface area contributed by atoms with Gasteiger partial charge in [0.25, 0.3) is 0 Å². The molecule has 0 unspecified atom stereocenters. The number of hydrogen-bond acceptors (Lipinski definition) is 3. The van der Waals surface area contributed by atoms with Crippen molar-refractivity contribution in [3.63, 3.8) is 0 Å². The minimum atomic E-state index is -0.201. The van der Waals surface area contributed by atoms with Crippen LogP contribution in [0.4, 0.5) is 5.69 Å². The minimum absolute atomic E-state index is 0.107. The number of aryl methyl sites for hydroxylation is 1. The first kappa shape index (κ1) is 15.4. The highest BCUT2D eigenvalue weighted by Crippen LogP contribution is 2.23. The molecule has 1 aliphatic rings. The number of anilines is 1. The number of aromatic nitrogens is 2. The molecule has 0 aliphatic carbocycles. The highest BCUT2D eigenvalue weighted by atomic mass is 35.5. The number of fused-ring (bicyclic) bond motifs is 1. The van der Waals surface area contributed by atoms with Gasteiger partial charge in [0.15, 0.2) is 0 Å². The highest BCUT2D eigenvalue weighted by Gasteiger charge is 2.20. The summed E-state index contributed by atoms with van der Waals surface area (Å²) in [5.74, 6) is 3.00. The molecule has 23 heavy (non-hydrogen) atoms. The maximum Gasteiger partial charge on any atom is 0.242 e. The minimum Gasteiger partial charge on any atom is -0.478 e. The van der Waals surface area contributed by atoms with Crippen LogP contribution >= 0.6 is 11.6 Å². The monoisotopic (exact) mass is 329 g/mol. The van der Waals surface area contributed by atoms with Crippen LogP contribution in [0.1, 0.15) is 17.7 Å². The smallest absolute Gasteiger partial charge is 0.242 e. The molecule has 0 atom stereocenters. The van der Waals surface area contributed by atoms with Gasteiger partial charge < -0.3 is 9.64 Å². The van der Waals surface area contributed by atoms with Crippen LogP contribution in [0, 0.1) is 12.3 Å². The molecular formula is C17H16ClN3O2. The van der Waals surface area contributed by atoms with Crippen molar-refractivity contribution in [1.29, 1.82) is 0 Å². The Kier molecular flexibility index (Phi) is 4.54. The van der Waals surface area contributed by atoms with E-state index in [-0.39, 0.29) is 11.8 Å². The summed E-state index contributed by atoms with van der Waals surface area (Å²) < 4.78 is 7.38. The van der Waals surface area contributed by atoms with E-state index in [2.05, 4.69) is 11.0 Å². The Hall–Kier alpha value is -2.45. The standard InChI is InChI=1S/C17H16ClN3O2/c1-2-13-5-3-6-15(9-13)20(16(22)11-18)12-14-10-17-21(19-14)7-4-8-23-17/h1,3,5-6,9-10H,4,7-8,11-12H2. The van der Waals surface area contributed by atoms with Gasteiger partial charge in [-0.05, 0) is 18.2 Å². The lowest BCUT2D eigenvalue weighted by Crippen LogP contribution is -2.31. The predicted octanol–water partition coefficient (Wildman–Crippen LogP) is 2.42. The van der Waals surface area contributed by atoms with Crippen molar-refractivity contribution in [2.24, 2.45) is 0 Å². The molecule has 1 aliphatic heterocycles. The van der Waals surface area contributed by atoms with Gasteiger partial charge in [0.1, 0.15) is 5.88 Å². The molecular weight excluding hydrogens is 314 g/mol. The summed E-state index contributed by atoms with van der Waals surface area (Å²) in [6, 6.07) is 9.11. The first-order chi connectivity index (χ1) is 11.2. The number of amides is 1. The molecule has 0 N–H and O–H groups in total. The lowest BCUT2D eigenvalue weighted by Gasteiger charge is -2.21. The van der Waals surface area contributed by atoms with Gasteiger partial charge in [-0.1, -0.05) is 12.0 Å². The number of halogens is 1. The number of carbonyl (C=O) groups excluding carboxylic acids is 1. The van der Waals surface area contributed by atoms with E-state index in [1.807, 2.05) is 28.9 Å². The van der Waals surface area contributed by atoms with E-state index in [1.54, 1.807) is 11.0 Å². The van der Waals surface area contributed by atoms with E-state index in [0.717, 1.165) is 24.5 Å². The molecule has 2 heterocycles. The number of hydrogen-bond donors (Lipinski definition) is 0. The summed E-state index contributed by atoms with van der Waals surface area (Å²) in [6.45, 7) is 1.84. The van der Waals surface area contributed by atoms with Gasteiger partial charge in [0.05, 0.1) is 18.8 Å². The number of carbonyl (C=O) groups is 1. The summed E-state index contributed by atoms with van der Waals surface area (Å²) in [5, 5.41) is 4.49. The fraction of sp³-hybridized carbons (Fsp3) is 0.294. The lowest BCUT2D eigenvalue weighted by molar-refractivity contribution is -0.116. The molecule has 2 aromatic rings. The second-order valence-electron chi connectivity index (χ2n) is 5.21. The van der Waals surface area contributed by atoms with Crippen LogP contribution < -0.4 is 9.64 Å². The summed E-state index contributed by atoms with van der Waals surface area (Å²) in [5.41, 5.74) is 2.17. The van der Waals surface area contributed by atoms with Crippen molar-refractivity contribution in [2.45, 2.75) is 19.5 Å². The third-order valence-corrected chi connectivity index (χ3v) is 3.85. The SMILES string of the molecule is C#Cc1cccc(N(Cc2cc3n(n2)CCCO3)C(=O)CCl)c1. The first-order valence-electron chi connectivity index (χ1n) is 7.34. The Morgan fingerprint density at radius 1 is 1.48 bits per heavy atom. The first-order valence-corrected chi connectivity index (χ1v) is 7.87. The Morgan fingerprint density at radius 2 is 2.35 bits per heavy atom. The van der Waals surface area contributed by atoms with E-state index >= 15 is 0 Å². The largest absolute Gasteiger partial charge is 0.478 e. The zero-order valence-corrected chi connectivity index (χ0v) is 13.3. The molecule has 6 heteroatoms. The molecule has 0 spiro atoms. The van der Waals surface area contributed by atoms with Gasteiger partial charge in [-0.2, -0.15) is 5.10 Å². The zero-order valence-electron chi connectivity index (χ0n) is 12.5. The molecule has 0 saturated carbocycles. The van der Waals surface area contributed by atoms with Crippen LogP contribution in [0.3, 0.4) is 0 Å². The van der Waals surface area contributed by atoms with E-state index in [1.165, 1.54) is 0 Å². The maximum atomic E-state index is 12.2. The second kappa shape index (κ2) is 6.76. The van der Waals surface area contributed by atoms with Crippen molar-refractivity contribution < 1.29 is 9.53 Å². The Balaban J connectivity index is 1.89. The Labute approximate surface area is 139 Å². The average Bonchev–Trinajstić information content (AvgIpc) is 3.01. The van der Waals surface area contributed by atoms with Crippen LogP contribution in [0.25, 0.3) is 0 Å². The molecule has 1 aromatic heterocycles. The van der Waals surface area contributed by atoms with Gasteiger partial charge in [-0.3, -0.25) is 4.79 Å². The number of rotatable bonds is 4. The lowest BCUT2D eigenvalue weighted by atomic mass is 10.2. The fourth-order valence-electron chi connectivity index (χ4n) is 2.52. The van der Waals surface area contributed by atoms with Gasteiger partial charge in [0.2, 0.25) is 11.8 Å². The molecule has 0 saturated heterocycles. The van der Waals surface area contributed by atoms with Gasteiger partial charge in [0, 0.05) is 30.3 Å². The Bertz CT molecular complexity index is 740. The molecule has 0 fully saturated rings. The van der Waals surface area contributed by atoms with Gasteiger partial charge >= 0.3 is 0 Å². The van der Waals surface area contributed by atoms with Gasteiger partial charge in [-0.25, -0.2) is 4.68 Å². The summed E-state index contributed by atoms with van der Waals surface area (Å²) >= 11 is 5.76. The van der Waals surface area contributed by atoms with Crippen molar-refractivity contribution in [3.05, 3.63) is 41.6 Å². The molecule has 3 rings (SSSR count). The third-order valence-electron chi connectivity index (χ3n) is 3.62. The molecule has 1 aromatic carbocycles. The van der Waals surface area contributed by atoms with E-state index in [0.29, 0.717) is 24.4 Å². The number of alkyl halides is 1. The number of ether oxygens (including phenoxy) is 1. The second-order valence-corrected chi connectivity index (χ2v) is 5.47. The zero-order chi connectivity index (χ0) is 16.2. The number of benzene rings is 1. The average molecular weight is 330 g/mol. The third kappa shape index (κ3) is 3.33. The number of terminal acetylenes is 1.